The van der Waals surface area contributed by atoms with E-state index < -0.39 is 0 Å². The molecule has 0 N–H and O–H groups in total. The van der Waals surface area contributed by atoms with Crippen molar-refractivity contribution in [1.82, 2.24) is 0 Å². The number of hydrogen-bond donors (Lipinski definition) is 0. The molecule has 0 saturated heterocycles. The second-order valence-electron chi connectivity index (χ2n) is 2.32. The highest BCUT2D eigenvalue weighted by Crippen LogP contribution is 2.16. The molecule has 4 heteroatoms. The number of hydrogen-bond acceptors (Lipinski definition) is 2. The molecule has 1 aliphatic heterocycles. The monoisotopic (exact) mass is 167 g/mol. The van der Waals surface area contributed by atoms with E-state index >= 15 is 0 Å². The molecule has 0 saturated carbocycles. The van der Waals surface area contributed by atoms with Gasteiger partial charge in [0.15, 0.2) is 5.78 Å². The number of alkyl halides is 1. The van der Waals surface area contributed by atoms with Gasteiger partial charge in [-0.2, -0.15) is 0 Å². The van der Waals surface area contributed by atoms with Crippen LogP contribution in [0.5, 0.6) is 0 Å². The molecule has 1 aliphatic rings. The summed E-state index contributed by atoms with van der Waals surface area (Å²) in [5, 5.41) is 0. The molecule has 1 unspecified atom stereocenters. The van der Waals surface area contributed by atoms with Crippen molar-refractivity contribution >= 4 is 31.1 Å². The number of carbonyl (C=O) groups is 1. The van der Waals surface area contributed by atoms with Crippen LogP contribution >= 0.6 is 11.6 Å². The summed E-state index contributed by atoms with van der Waals surface area (Å²) in [4.78, 5) is 14.7. The zero-order chi connectivity index (χ0) is 8.27. The summed E-state index contributed by atoms with van der Waals surface area (Å²) >= 11 is 5.64. The summed E-state index contributed by atoms with van der Waals surface area (Å²) in [5.41, 5.74) is 0.355. The fourth-order valence-corrected chi connectivity index (χ4v) is 1.01. The Morgan fingerprint density at radius 1 is 1.91 bits per heavy atom. The molecule has 0 bridgehead atoms. The first-order valence-corrected chi connectivity index (χ1v) is 3.86. The maximum atomic E-state index is 10.9. The van der Waals surface area contributed by atoms with E-state index in [4.69, 9.17) is 19.4 Å². The topological polar surface area (TPSA) is 29.4 Å². The lowest BCUT2D eigenvalue weighted by atomic mass is 9.94. The van der Waals surface area contributed by atoms with Crippen molar-refractivity contribution in [3.63, 3.8) is 0 Å². The van der Waals surface area contributed by atoms with Crippen molar-refractivity contribution < 1.29 is 4.79 Å². The standard InChI is InChI=1S/C7H7BClNO/c8-3-6(11)5-1-2-7(9)10-4-5/h7H,1-3H2. The first-order valence-electron chi connectivity index (χ1n) is 3.43. The number of Topliss-reactive ketones (excluding diaryl/α,β-unsaturated/α-hetero) is 1. The third kappa shape index (κ3) is 2.21. The molecule has 0 spiro atoms. The lowest BCUT2D eigenvalue weighted by Gasteiger charge is -2.07. The van der Waals surface area contributed by atoms with Gasteiger partial charge in [0.1, 0.15) is 5.50 Å². The third-order valence-electron chi connectivity index (χ3n) is 1.49. The van der Waals surface area contributed by atoms with Crippen molar-refractivity contribution in [2.45, 2.75) is 24.7 Å². The Labute approximate surface area is 71.7 Å². The van der Waals surface area contributed by atoms with Crippen molar-refractivity contribution in [3.8, 4) is 0 Å². The number of rotatable bonds is 2. The van der Waals surface area contributed by atoms with Crippen molar-refractivity contribution in [1.29, 1.82) is 0 Å². The Hall–Kier alpha value is -0.525. The first-order chi connectivity index (χ1) is 5.24. The van der Waals surface area contributed by atoms with Crippen LogP contribution in [0, 0.1) is 0 Å². The molecular weight excluding hydrogens is 160 g/mol. The lowest BCUT2D eigenvalue weighted by Crippen LogP contribution is -2.09. The van der Waals surface area contributed by atoms with Crippen LogP contribution in [0.1, 0.15) is 12.8 Å². The minimum atomic E-state index is -0.218. The summed E-state index contributed by atoms with van der Waals surface area (Å²) in [7, 11) is 5.15. The molecule has 1 atom stereocenters. The van der Waals surface area contributed by atoms with Gasteiger partial charge >= 0.3 is 0 Å². The third-order valence-corrected chi connectivity index (χ3v) is 1.81. The maximum absolute atomic E-state index is 10.9. The van der Waals surface area contributed by atoms with E-state index in [1.807, 2.05) is 0 Å². The van der Waals surface area contributed by atoms with Gasteiger partial charge in [0, 0.05) is 0 Å². The first kappa shape index (κ1) is 8.57. The van der Waals surface area contributed by atoms with E-state index in [-0.39, 0.29) is 17.6 Å². The molecule has 56 valence electrons. The van der Waals surface area contributed by atoms with Gasteiger partial charge in [-0.15, -0.1) is 0 Å². The van der Waals surface area contributed by atoms with Crippen molar-refractivity contribution in [2.24, 2.45) is 4.99 Å². The zero-order valence-corrected chi connectivity index (χ0v) is 6.77. The van der Waals surface area contributed by atoms with Gasteiger partial charge in [0.05, 0.1) is 13.4 Å². The maximum Gasteiger partial charge on any atom is 0.159 e. The number of nitrogens with zero attached hydrogens (tertiary/aromatic N) is 1. The van der Waals surface area contributed by atoms with Gasteiger partial charge in [0.25, 0.3) is 0 Å². The van der Waals surface area contributed by atoms with E-state index in [1.54, 1.807) is 0 Å². The molecule has 0 aromatic carbocycles. The highest BCUT2D eigenvalue weighted by atomic mass is 35.5. The van der Waals surface area contributed by atoms with Crippen LogP contribution in [-0.4, -0.2) is 25.0 Å². The molecule has 2 nitrogen and oxygen atoms in total. The van der Waals surface area contributed by atoms with Crippen LogP contribution in [0.2, 0.25) is 6.32 Å². The van der Waals surface area contributed by atoms with Crippen LogP contribution in [0.4, 0.5) is 0 Å². The Kier molecular flexibility index (Phi) is 2.92. The Balaban J connectivity index is 2.74. The quantitative estimate of drug-likeness (QED) is 0.344. The van der Waals surface area contributed by atoms with Crippen molar-refractivity contribution in [2.75, 3.05) is 0 Å². The highest BCUT2D eigenvalue weighted by molar-refractivity contribution is 6.26. The molecule has 0 fully saturated rings. The fraction of sp³-hybridized carbons (Fsp3) is 0.571. The van der Waals surface area contributed by atoms with E-state index in [9.17, 15) is 4.79 Å². The van der Waals surface area contributed by atoms with E-state index in [2.05, 4.69) is 10.9 Å². The molecule has 2 radical (unpaired) electrons. The molecule has 0 aliphatic carbocycles. The van der Waals surface area contributed by atoms with Crippen LogP contribution in [-0.2, 0) is 4.79 Å². The average molecular weight is 167 g/mol. The Morgan fingerprint density at radius 3 is 3.09 bits per heavy atom. The average Bonchev–Trinajstić information content (AvgIpc) is 2.05. The predicted octanol–water partition coefficient (Wildman–Crippen LogP) is 1.10. The van der Waals surface area contributed by atoms with Gasteiger partial charge in [-0.05, 0) is 25.0 Å². The van der Waals surface area contributed by atoms with E-state index in [0.29, 0.717) is 18.4 Å². The minimum absolute atomic E-state index is 0.0325. The van der Waals surface area contributed by atoms with Crippen LogP contribution in [0.15, 0.2) is 10.6 Å². The number of ketones is 1. The SMILES string of the molecule is [B]CC(=O)C1=C=NC(Cl)CC1. The Morgan fingerprint density at radius 2 is 2.64 bits per heavy atom. The smallest absolute Gasteiger partial charge is 0.159 e. The number of halogens is 1. The highest BCUT2D eigenvalue weighted by Gasteiger charge is 2.13. The number of carbonyl (C=O) groups excluding carboxylic acids is 1. The lowest BCUT2D eigenvalue weighted by molar-refractivity contribution is -0.113. The summed E-state index contributed by atoms with van der Waals surface area (Å²) in [6.07, 6.45) is 1.38. The molecule has 0 amide bonds. The zero-order valence-electron chi connectivity index (χ0n) is 6.01. The van der Waals surface area contributed by atoms with Crippen molar-refractivity contribution in [3.05, 3.63) is 5.57 Å². The van der Waals surface area contributed by atoms with Gasteiger partial charge in [-0.1, -0.05) is 11.6 Å². The summed E-state index contributed by atoms with van der Waals surface area (Å²) < 4.78 is 0. The van der Waals surface area contributed by atoms with Gasteiger partial charge in [-0.25, -0.2) is 4.99 Å². The molecule has 0 aromatic rings. The Bertz CT molecular complexity index is 233. The largest absolute Gasteiger partial charge is 0.295 e. The van der Waals surface area contributed by atoms with Crippen LogP contribution < -0.4 is 0 Å². The summed E-state index contributed by atoms with van der Waals surface area (Å²) in [5.74, 6) is 2.51. The molecule has 11 heavy (non-hydrogen) atoms. The minimum Gasteiger partial charge on any atom is -0.295 e. The normalized spacial score (nSPS) is 23.0. The fourth-order valence-electron chi connectivity index (χ4n) is 0.857. The van der Waals surface area contributed by atoms with E-state index in [0.717, 1.165) is 0 Å². The summed E-state index contributed by atoms with van der Waals surface area (Å²) in [6, 6.07) is 0. The number of aliphatic imine (C=N–C) groups is 1. The molecule has 1 heterocycles. The van der Waals surface area contributed by atoms with Gasteiger partial charge < -0.3 is 0 Å². The van der Waals surface area contributed by atoms with Gasteiger partial charge in [0.2, 0.25) is 0 Å². The second-order valence-corrected chi connectivity index (χ2v) is 2.82. The van der Waals surface area contributed by atoms with E-state index in [1.165, 1.54) is 0 Å². The van der Waals surface area contributed by atoms with Gasteiger partial charge in [-0.3, -0.25) is 4.79 Å². The van der Waals surface area contributed by atoms with Crippen LogP contribution in [0.25, 0.3) is 0 Å². The van der Waals surface area contributed by atoms with Crippen LogP contribution in [0.3, 0.4) is 0 Å². The second kappa shape index (κ2) is 3.75. The number of allylic oxidation sites excluding steroid dienone is 1. The molecule has 0 aromatic heterocycles. The predicted molar refractivity (Wildman–Crippen MR) is 45.4 cm³/mol. The summed E-state index contributed by atoms with van der Waals surface area (Å²) in [6.45, 7) is 0. The molecule has 1 rings (SSSR count). The molecular formula is C7H7BClNO.